The van der Waals surface area contributed by atoms with Gasteiger partial charge in [-0.05, 0) is 43.1 Å². The Morgan fingerprint density at radius 1 is 1.31 bits per heavy atom. The summed E-state index contributed by atoms with van der Waals surface area (Å²) in [5, 5.41) is 3.28. The Bertz CT molecular complexity index is 264. The molecule has 0 amide bonds. The van der Waals surface area contributed by atoms with Crippen molar-refractivity contribution in [3.63, 3.8) is 0 Å². The summed E-state index contributed by atoms with van der Waals surface area (Å²) in [6, 6.07) is 8.36. The fourth-order valence-electron chi connectivity index (χ4n) is 1.59. The molecule has 2 heteroatoms. The highest BCUT2D eigenvalue weighted by molar-refractivity contribution is 5.27. The molecule has 0 spiro atoms. The maximum atomic E-state index is 5.10. The van der Waals surface area contributed by atoms with Gasteiger partial charge in [-0.25, -0.2) is 0 Å². The lowest BCUT2D eigenvalue weighted by atomic mass is 9.94. The number of nitrogens with one attached hydrogen (secondary N) is 1. The van der Waals surface area contributed by atoms with Crippen molar-refractivity contribution in [2.45, 2.75) is 6.42 Å². The highest BCUT2D eigenvalue weighted by atomic mass is 16.5. The van der Waals surface area contributed by atoms with E-state index in [0.29, 0.717) is 0 Å². The summed E-state index contributed by atoms with van der Waals surface area (Å²) in [4.78, 5) is 0. The Kier molecular flexibility index (Phi) is 2.50. The van der Waals surface area contributed by atoms with Crippen LogP contribution in [-0.4, -0.2) is 20.2 Å². The topological polar surface area (TPSA) is 21.3 Å². The van der Waals surface area contributed by atoms with E-state index in [9.17, 15) is 0 Å². The Labute approximate surface area is 78.9 Å². The average Bonchev–Trinajstić information content (AvgIpc) is 2.12. The van der Waals surface area contributed by atoms with Crippen molar-refractivity contribution in [1.82, 2.24) is 5.32 Å². The molecule has 0 unspecified atom stereocenters. The largest absolute Gasteiger partial charge is 0.497 e. The first-order valence-corrected chi connectivity index (χ1v) is 4.72. The van der Waals surface area contributed by atoms with Crippen LogP contribution in [0.25, 0.3) is 0 Å². The van der Waals surface area contributed by atoms with Gasteiger partial charge in [-0.2, -0.15) is 0 Å². The first-order chi connectivity index (χ1) is 6.38. The van der Waals surface area contributed by atoms with Crippen LogP contribution in [0.3, 0.4) is 0 Å². The van der Waals surface area contributed by atoms with Crippen molar-refractivity contribution in [1.29, 1.82) is 0 Å². The molecular weight excluding hydrogens is 162 g/mol. The molecule has 0 atom stereocenters. The second kappa shape index (κ2) is 3.79. The van der Waals surface area contributed by atoms with Crippen molar-refractivity contribution in [3.05, 3.63) is 29.8 Å². The summed E-state index contributed by atoms with van der Waals surface area (Å²) in [5.41, 5.74) is 1.41. The smallest absolute Gasteiger partial charge is 0.118 e. The van der Waals surface area contributed by atoms with E-state index < -0.39 is 0 Å². The minimum absolute atomic E-state index is 0.841. The molecule has 1 fully saturated rings. The van der Waals surface area contributed by atoms with Gasteiger partial charge in [0.2, 0.25) is 0 Å². The van der Waals surface area contributed by atoms with E-state index in [1.807, 2.05) is 12.1 Å². The van der Waals surface area contributed by atoms with E-state index in [4.69, 9.17) is 4.74 Å². The van der Waals surface area contributed by atoms with Gasteiger partial charge in [0.05, 0.1) is 7.11 Å². The summed E-state index contributed by atoms with van der Waals surface area (Å²) in [6.07, 6.45) is 1.19. The maximum absolute atomic E-state index is 5.10. The molecule has 13 heavy (non-hydrogen) atoms. The lowest BCUT2D eigenvalue weighted by molar-refractivity contribution is 0.346. The minimum Gasteiger partial charge on any atom is -0.497 e. The summed E-state index contributed by atoms with van der Waals surface area (Å²) in [5.74, 6) is 1.78. The first-order valence-electron chi connectivity index (χ1n) is 4.72. The van der Waals surface area contributed by atoms with Crippen molar-refractivity contribution in [3.8, 4) is 5.75 Å². The molecule has 1 aliphatic heterocycles. The highest BCUT2D eigenvalue weighted by Gasteiger charge is 2.16. The van der Waals surface area contributed by atoms with Gasteiger partial charge in [-0.1, -0.05) is 12.1 Å². The van der Waals surface area contributed by atoms with Crippen LogP contribution >= 0.6 is 0 Å². The number of ether oxygens (including phenoxy) is 1. The average molecular weight is 177 g/mol. The molecule has 1 aromatic rings. The van der Waals surface area contributed by atoms with Crippen LogP contribution in [0.1, 0.15) is 5.56 Å². The van der Waals surface area contributed by atoms with Crippen molar-refractivity contribution in [2.24, 2.45) is 5.92 Å². The van der Waals surface area contributed by atoms with Gasteiger partial charge in [-0.15, -0.1) is 0 Å². The second-order valence-electron chi connectivity index (χ2n) is 3.58. The van der Waals surface area contributed by atoms with Crippen LogP contribution in [-0.2, 0) is 6.42 Å². The normalized spacial score (nSPS) is 16.7. The molecule has 70 valence electrons. The lowest BCUT2D eigenvalue weighted by Gasteiger charge is -2.27. The van der Waals surface area contributed by atoms with Gasteiger partial charge in [0.15, 0.2) is 0 Å². The summed E-state index contributed by atoms with van der Waals surface area (Å²) < 4.78 is 5.10. The third kappa shape index (κ3) is 2.01. The van der Waals surface area contributed by atoms with Gasteiger partial charge in [0, 0.05) is 0 Å². The Hall–Kier alpha value is -1.02. The number of methoxy groups -OCH3 is 1. The van der Waals surface area contributed by atoms with E-state index in [1.165, 1.54) is 25.1 Å². The van der Waals surface area contributed by atoms with E-state index in [-0.39, 0.29) is 0 Å². The zero-order valence-electron chi connectivity index (χ0n) is 7.92. The molecule has 1 aromatic carbocycles. The number of hydrogen-bond donors (Lipinski definition) is 1. The number of hydrogen-bond acceptors (Lipinski definition) is 2. The van der Waals surface area contributed by atoms with Crippen LogP contribution in [0.2, 0.25) is 0 Å². The van der Waals surface area contributed by atoms with Crippen LogP contribution < -0.4 is 10.1 Å². The first kappa shape index (κ1) is 8.57. The summed E-state index contributed by atoms with van der Waals surface area (Å²) in [6.45, 7) is 2.35. The van der Waals surface area contributed by atoms with Crippen LogP contribution in [0.4, 0.5) is 0 Å². The van der Waals surface area contributed by atoms with Gasteiger partial charge in [0.25, 0.3) is 0 Å². The zero-order chi connectivity index (χ0) is 9.10. The van der Waals surface area contributed by atoms with E-state index >= 15 is 0 Å². The third-order valence-electron chi connectivity index (χ3n) is 2.55. The molecule has 0 bridgehead atoms. The van der Waals surface area contributed by atoms with Crippen molar-refractivity contribution < 1.29 is 4.74 Å². The van der Waals surface area contributed by atoms with Crippen LogP contribution in [0.15, 0.2) is 24.3 Å². The molecule has 1 N–H and O–H groups in total. The molecule has 2 nitrogen and oxygen atoms in total. The molecular formula is C11H15NO. The quantitative estimate of drug-likeness (QED) is 0.754. The van der Waals surface area contributed by atoms with Crippen molar-refractivity contribution >= 4 is 0 Å². The van der Waals surface area contributed by atoms with Crippen molar-refractivity contribution in [2.75, 3.05) is 20.2 Å². The predicted molar refractivity (Wildman–Crippen MR) is 53.1 cm³/mol. The molecule has 0 aromatic heterocycles. The van der Waals surface area contributed by atoms with Gasteiger partial charge >= 0.3 is 0 Å². The minimum atomic E-state index is 0.841. The molecule has 1 saturated heterocycles. The highest BCUT2D eigenvalue weighted by Crippen LogP contribution is 2.16. The molecule has 1 aliphatic rings. The predicted octanol–water partition coefficient (Wildman–Crippen LogP) is 1.46. The molecule has 0 radical (unpaired) electrons. The Morgan fingerprint density at radius 2 is 2.00 bits per heavy atom. The molecule has 1 heterocycles. The summed E-state index contributed by atoms with van der Waals surface area (Å²) >= 11 is 0. The zero-order valence-corrected chi connectivity index (χ0v) is 7.92. The fraction of sp³-hybridized carbons (Fsp3) is 0.455. The lowest BCUT2D eigenvalue weighted by Crippen LogP contribution is -2.43. The van der Waals surface area contributed by atoms with E-state index in [1.54, 1.807) is 7.11 Å². The fourth-order valence-corrected chi connectivity index (χ4v) is 1.59. The van der Waals surface area contributed by atoms with E-state index in [2.05, 4.69) is 17.4 Å². The number of rotatable bonds is 3. The SMILES string of the molecule is COc1ccc(CC2CNC2)cc1. The maximum Gasteiger partial charge on any atom is 0.118 e. The monoisotopic (exact) mass is 177 g/mol. The Balaban J connectivity index is 1.96. The van der Waals surface area contributed by atoms with Crippen LogP contribution in [0.5, 0.6) is 5.75 Å². The van der Waals surface area contributed by atoms with E-state index in [0.717, 1.165) is 11.7 Å². The van der Waals surface area contributed by atoms with Crippen LogP contribution in [0, 0.1) is 5.92 Å². The van der Waals surface area contributed by atoms with Gasteiger partial charge < -0.3 is 10.1 Å². The molecule has 2 rings (SSSR count). The molecule has 0 aliphatic carbocycles. The van der Waals surface area contributed by atoms with Gasteiger partial charge in [0.1, 0.15) is 5.75 Å². The second-order valence-corrected chi connectivity index (χ2v) is 3.58. The molecule has 0 saturated carbocycles. The van der Waals surface area contributed by atoms with Gasteiger partial charge in [-0.3, -0.25) is 0 Å². The summed E-state index contributed by atoms with van der Waals surface area (Å²) in [7, 11) is 1.70. The third-order valence-corrected chi connectivity index (χ3v) is 2.55. The number of benzene rings is 1. The Morgan fingerprint density at radius 3 is 2.46 bits per heavy atom. The standard InChI is InChI=1S/C11H15NO/c1-13-11-4-2-9(3-5-11)6-10-7-12-8-10/h2-5,10,12H,6-8H2,1H3.